The molecule has 6 heteroatoms. The highest BCUT2D eigenvalue weighted by molar-refractivity contribution is 6.30. The van der Waals surface area contributed by atoms with E-state index in [1.165, 1.54) is 0 Å². The third kappa shape index (κ3) is 4.85. The van der Waals surface area contributed by atoms with Crippen molar-refractivity contribution in [3.63, 3.8) is 0 Å². The highest BCUT2D eigenvalue weighted by Crippen LogP contribution is 2.08. The van der Waals surface area contributed by atoms with Gasteiger partial charge in [-0.2, -0.15) is 0 Å². The molecule has 2 heterocycles. The monoisotopic (exact) mass is 283 g/mol. The Bertz CT molecular complexity index is 286. The van der Waals surface area contributed by atoms with Gasteiger partial charge in [-0.15, -0.1) is 24.8 Å². The van der Waals surface area contributed by atoms with E-state index in [-0.39, 0.29) is 24.8 Å². The van der Waals surface area contributed by atoms with Gasteiger partial charge in [-0.25, -0.2) is 0 Å². The largest absolute Gasteiger partial charge is 0.314 e. The van der Waals surface area contributed by atoms with Crippen molar-refractivity contribution in [3.8, 4) is 0 Å². The Morgan fingerprint density at radius 1 is 1.25 bits per heavy atom. The second kappa shape index (κ2) is 8.09. The maximum absolute atomic E-state index is 5.77. The lowest BCUT2D eigenvalue weighted by molar-refractivity contribution is 0.231. The van der Waals surface area contributed by atoms with E-state index in [2.05, 4.69) is 15.2 Å². The number of hydrogen-bond acceptors (Lipinski definition) is 3. The summed E-state index contributed by atoms with van der Waals surface area (Å²) in [7, 11) is 0. The van der Waals surface area contributed by atoms with Crippen molar-refractivity contribution >= 4 is 36.4 Å². The van der Waals surface area contributed by atoms with Crippen molar-refractivity contribution in [3.05, 3.63) is 29.0 Å². The number of nitrogens with one attached hydrogen (secondary N) is 1. The summed E-state index contributed by atoms with van der Waals surface area (Å²) in [6, 6.07) is 3.89. The van der Waals surface area contributed by atoms with Crippen LogP contribution in [-0.4, -0.2) is 36.1 Å². The summed E-state index contributed by atoms with van der Waals surface area (Å²) in [5.41, 5.74) is 1.09. The van der Waals surface area contributed by atoms with Gasteiger partial charge >= 0.3 is 0 Å². The molecule has 0 bridgehead atoms. The van der Waals surface area contributed by atoms with Crippen LogP contribution in [0.1, 0.15) is 5.69 Å². The van der Waals surface area contributed by atoms with E-state index in [1.54, 1.807) is 6.20 Å². The number of pyridine rings is 1. The molecule has 1 aliphatic rings. The van der Waals surface area contributed by atoms with E-state index in [1.807, 2.05) is 12.1 Å². The van der Waals surface area contributed by atoms with Gasteiger partial charge in [-0.1, -0.05) is 11.6 Å². The minimum Gasteiger partial charge on any atom is -0.314 e. The summed E-state index contributed by atoms with van der Waals surface area (Å²) >= 11 is 5.77. The topological polar surface area (TPSA) is 28.2 Å². The molecule has 0 amide bonds. The summed E-state index contributed by atoms with van der Waals surface area (Å²) in [5.74, 6) is 0. The van der Waals surface area contributed by atoms with Crippen molar-refractivity contribution in [2.75, 3.05) is 26.2 Å². The van der Waals surface area contributed by atoms with E-state index in [4.69, 9.17) is 11.6 Å². The maximum Gasteiger partial charge on any atom is 0.0589 e. The van der Waals surface area contributed by atoms with Crippen molar-refractivity contribution in [1.29, 1.82) is 0 Å². The van der Waals surface area contributed by atoms with Crippen LogP contribution in [0.25, 0.3) is 0 Å². The van der Waals surface area contributed by atoms with Crippen LogP contribution in [0, 0.1) is 0 Å². The Morgan fingerprint density at radius 2 is 1.94 bits per heavy atom. The van der Waals surface area contributed by atoms with Gasteiger partial charge < -0.3 is 5.32 Å². The molecule has 1 aliphatic heterocycles. The predicted octanol–water partition coefficient (Wildman–Crippen LogP) is 1.98. The molecule has 1 fully saturated rings. The summed E-state index contributed by atoms with van der Waals surface area (Å²) in [4.78, 5) is 6.67. The molecule has 0 aromatic carbocycles. The van der Waals surface area contributed by atoms with E-state index < -0.39 is 0 Å². The molecule has 0 spiro atoms. The normalized spacial score (nSPS) is 16.1. The fourth-order valence-corrected chi connectivity index (χ4v) is 1.71. The van der Waals surface area contributed by atoms with Gasteiger partial charge in [0.1, 0.15) is 0 Å². The molecule has 1 aromatic heterocycles. The Hall–Kier alpha value is -0.0600. The molecule has 0 radical (unpaired) electrons. The summed E-state index contributed by atoms with van der Waals surface area (Å²) in [5, 5.41) is 4.03. The zero-order chi connectivity index (χ0) is 9.80. The average molecular weight is 285 g/mol. The van der Waals surface area contributed by atoms with E-state index in [0.29, 0.717) is 5.02 Å². The number of rotatable bonds is 2. The van der Waals surface area contributed by atoms with Crippen molar-refractivity contribution in [2.24, 2.45) is 0 Å². The van der Waals surface area contributed by atoms with Gasteiger partial charge in [-0.3, -0.25) is 9.88 Å². The lowest BCUT2D eigenvalue weighted by Gasteiger charge is -2.26. The molecule has 2 rings (SSSR count). The van der Waals surface area contributed by atoms with Crippen LogP contribution >= 0.6 is 36.4 Å². The lowest BCUT2D eigenvalue weighted by atomic mass is 10.3. The molecular formula is C10H16Cl3N3. The highest BCUT2D eigenvalue weighted by Gasteiger charge is 2.09. The first kappa shape index (κ1) is 15.9. The minimum absolute atomic E-state index is 0. The molecule has 16 heavy (non-hydrogen) atoms. The average Bonchev–Trinajstić information content (AvgIpc) is 2.23. The number of halogens is 3. The molecule has 1 saturated heterocycles. The van der Waals surface area contributed by atoms with Crippen LogP contribution in [-0.2, 0) is 6.54 Å². The SMILES string of the molecule is Cl.Cl.Clc1ccc(CN2CCNCC2)nc1. The quantitative estimate of drug-likeness (QED) is 0.900. The highest BCUT2D eigenvalue weighted by atomic mass is 35.5. The summed E-state index contributed by atoms with van der Waals surface area (Å²) in [6.07, 6.45) is 1.71. The molecule has 0 unspecified atom stereocenters. The standard InChI is InChI=1S/C10H14ClN3.2ClH/c11-9-1-2-10(13-7-9)8-14-5-3-12-4-6-14;;/h1-2,7,12H,3-6,8H2;2*1H. The molecule has 1 N–H and O–H groups in total. The van der Waals surface area contributed by atoms with Crippen LogP contribution in [0.4, 0.5) is 0 Å². The first-order valence-corrected chi connectivity index (χ1v) is 5.26. The Morgan fingerprint density at radius 3 is 2.50 bits per heavy atom. The number of hydrogen-bond donors (Lipinski definition) is 1. The first-order valence-electron chi connectivity index (χ1n) is 4.88. The van der Waals surface area contributed by atoms with E-state index in [9.17, 15) is 0 Å². The molecule has 0 atom stereocenters. The van der Waals surface area contributed by atoms with Gasteiger partial charge in [0.2, 0.25) is 0 Å². The fourth-order valence-electron chi connectivity index (χ4n) is 1.60. The smallest absolute Gasteiger partial charge is 0.0589 e. The van der Waals surface area contributed by atoms with Crippen LogP contribution in [0.15, 0.2) is 18.3 Å². The molecule has 3 nitrogen and oxygen atoms in total. The third-order valence-corrected chi connectivity index (χ3v) is 2.61. The maximum atomic E-state index is 5.77. The first-order chi connectivity index (χ1) is 6.84. The third-order valence-electron chi connectivity index (χ3n) is 2.38. The molecule has 0 saturated carbocycles. The van der Waals surface area contributed by atoms with Crippen LogP contribution < -0.4 is 5.32 Å². The number of aromatic nitrogens is 1. The van der Waals surface area contributed by atoms with Crippen molar-refractivity contribution in [2.45, 2.75) is 6.54 Å². The van der Waals surface area contributed by atoms with Gasteiger partial charge in [0.15, 0.2) is 0 Å². The van der Waals surface area contributed by atoms with Crippen LogP contribution in [0.5, 0.6) is 0 Å². The molecule has 92 valence electrons. The fraction of sp³-hybridized carbons (Fsp3) is 0.500. The van der Waals surface area contributed by atoms with Crippen LogP contribution in [0.2, 0.25) is 5.02 Å². The number of piperazine rings is 1. The van der Waals surface area contributed by atoms with Crippen molar-refractivity contribution in [1.82, 2.24) is 15.2 Å². The van der Waals surface area contributed by atoms with Crippen LogP contribution in [0.3, 0.4) is 0 Å². The predicted molar refractivity (Wildman–Crippen MR) is 71.9 cm³/mol. The Kier molecular flexibility index (Phi) is 8.06. The minimum atomic E-state index is 0. The van der Waals surface area contributed by atoms with Crippen molar-refractivity contribution < 1.29 is 0 Å². The van der Waals surface area contributed by atoms with E-state index >= 15 is 0 Å². The van der Waals surface area contributed by atoms with Gasteiger partial charge in [-0.05, 0) is 12.1 Å². The Balaban J connectivity index is 0.00000112. The zero-order valence-electron chi connectivity index (χ0n) is 8.86. The summed E-state index contributed by atoms with van der Waals surface area (Å²) < 4.78 is 0. The number of nitrogens with zero attached hydrogens (tertiary/aromatic N) is 2. The lowest BCUT2D eigenvalue weighted by Crippen LogP contribution is -2.43. The second-order valence-corrected chi connectivity index (χ2v) is 3.93. The van der Waals surface area contributed by atoms with Gasteiger partial charge in [0, 0.05) is 38.9 Å². The van der Waals surface area contributed by atoms with Gasteiger partial charge in [0.05, 0.1) is 10.7 Å². The zero-order valence-corrected chi connectivity index (χ0v) is 11.2. The Labute approximate surface area is 113 Å². The molecule has 0 aliphatic carbocycles. The molecule has 1 aromatic rings. The van der Waals surface area contributed by atoms with E-state index in [0.717, 1.165) is 38.4 Å². The second-order valence-electron chi connectivity index (χ2n) is 3.49. The summed E-state index contributed by atoms with van der Waals surface area (Å²) in [6.45, 7) is 5.29. The van der Waals surface area contributed by atoms with Gasteiger partial charge in [0.25, 0.3) is 0 Å². The molecular weight excluding hydrogens is 268 g/mol.